The molecule has 0 saturated carbocycles. The molecule has 0 aliphatic rings. The number of hydrogen-bond acceptors (Lipinski definition) is 3. The maximum atomic E-state index is 13.8. The molecular weight excluding hydrogens is 229 g/mol. The number of rotatable bonds is 4. The van der Waals surface area contributed by atoms with E-state index in [-0.39, 0.29) is 11.9 Å². The average molecular weight is 245 g/mol. The molecule has 94 valence electrons. The van der Waals surface area contributed by atoms with Crippen LogP contribution in [0.3, 0.4) is 0 Å². The predicted octanol–water partition coefficient (Wildman–Crippen LogP) is 2.49. The summed E-state index contributed by atoms with van der Waals surface area (Å²) in [5.41, 5.74) is 2.78. The van der Waals surface area contributed by atoms with Gasteiger partial charge in [0.25, 0.3) is 0 Å². The smallest absolute Gasteiger partial charge is 0.146 e. The third-order valence-corrected chi connectivity index (χ3v) is 3.04. The van der Waals surface area contributed by atoms with Crippen molar-refractivity contribution in [1.82, 2.24) is 15.3 Å². The van der Waals surface area contributed by atoms with Crippen molar-refractivity contribution >= 4 is 0 Å². The molecule has 2 aromatic rings. The van der Waals surface area contributed by atoms with Crippen molar-refractivity contribution in [3.63, 3.8) is 0 Å². The molecule has 0 amide bonds. The lowest BCUT2D eigenvalue weighted by atomic mass is 9.95. The van der Waals surface area contributed by atoms with Gasteiger partial charge >= 0.3 is 0 Å². The normalized spacial score (nSPS) is 12.4. The highest BCUT2D eigenvalue weighted by molar-refractivity contribution is 5.35. The van der Waals surface area contributed by atoms with Crippen LogP contribution in [0.2, 0.25) is 0 Å². The van der Waals surface area contributed by atoms with Crippen LogP contribution in [0.4, 0.5) is 4.39 Å². The van der Waals surface area contributed by atoms with Gasteiger partial charge in [0, 0.05) is 24.2 Å². The summed E-state index contributed by atoms with van der Waals surface area (Å²) in [7, 11) is 1.82. The molecule has 0 bridgehead atoms. The fraction of sp³-hybridized carbons (Fsp3) is 0.286. The van der Waals surface area contributed by atoms with E-state index in [1.165, 1.54) is 6.20 Å². The summed E-state index contributed by atoms with van der Waals surface area (Å²) < 4.78 is 13.8. The van der Waals surface area contributed by atoms with E-state index in [1.807, 2.05) is 19.3 Å². The highest BCUT2D eigenvalue weighted by atomic mass is 19.1. The molecular formula is C14H16FN3. The Kier molecular flexibility index (Phi) is 3.99. The average Bonchev–Trinajstić information content (AvgIpc) is 2.42. The molecule has 0 aliphatic carbocycles. The molecule has 2 heterocycles. The van der Waals surface area contributed by atoms with Gasteiger partial charge in [0.05, 0.1) is 12.2 Å². The van der Waals surface area contributed by atoms with Crippen LogP contribution in [-0.4, -0.2) is 17.0 Å². The van der Waals surface area contributed by atoms with E-state index in [1.54, 1.807) is 18.5 Å². The number of aromatic nitrogens is 2. The molecule has 0 fully saturated rings. The largest absolute Gasteiger partial charge is 0.309 e. The first-order valence-corrected chi connectivity index (χ1v) is 5.97. The Hall–Kier alpha value is -1.81. The lowest BCUT2D eigenvalue weighted by Crippen LogP contribution is -2.20. The Morgan fingerprint density at radius 1 is 1.17 bits per heavy atom. The minimum atomic E-state index is -0.296. The Morgan fingerprint density at radius 2 is 1.83 bits per heavy atom. The van der Waals surface area contributed by atoms with Crippen molar-refractivity contribution in [2.75, 3.05) is 7.05 Å². The summed E-state index contributed by atoms with van der Waals surface area (Å²) in [6.45, 7) is 2.07. The zero-order valence-corrected chi connectivity index (χ0v) is 10.5. The van der Waals surface area contributed by atoms with Crippen molar-refractivity contribution in [3.8, 4) is 0 Å². The minimum absolute atomic E-state index is 0.175. The summed E-state index contributed by atoms with van der Waals surface area (Å²) in [4.78, 5) is 7.90. The molecule has 3 nitrogen and oxygen atoms in total. The molecule has 2 rings (SSSR count). The highest BCUT2D eigenvalue weighted by Gasteiger charge is 2.18. The summed E-state index contributed by atoms with van der Waals surface area (Å²) in [6, 6.07) is 3.46. The summed E-state index contributed by atoms with van der Waals surface area (Å²) >= 11 is 0. The van der Waals surface area contributed by atoms with Crippen LogP contribution in [0.1, 0.15) is 29.7 Å². The summed E-state index contributed by atoms with van der Waals surface area (Å²) in [6.07, 6.45) is 7.28. The molecule has 0 aliphatic heterocycles. The van der Waals surface area contributed by atoms with Crippen LogP contribution < -0.4 is 5.32 Å². The van der Waals surface area contributed by atoms with Crippen molar-refractivity contribution < 1.29 is 4.39 Å². The van der Waals surface area contributed by atoms with Crippen molar-refractivity contribution in [2.45, 2.75) is 19.4 Å². The van der Waals surface area contributed by atoms with Crippen molar-refractivity contribution in [1.29, 1.82) is 0 Å². The summed E-state index contributed by atoms with van der Waals surface area (Å²) in [5.74, 6) is -0.296. The van der Waals surface area contributed by atoms with Gasteiger partial charge in [-0.05, 0) is 36.7 Å². The van der Waals surface area contributed by atoms with Crippen molar-refractivity contribution in [2.24, 2.45) is 0 Å². The van der Waals surface area contributed by atoms with Crippen LogP contribution in [0.5, 0.6) is 0 Å². The molecule has 2 aromatic heterocycles. The Bertz CT molecular complexity index is 528. The first-order chi connectivity index (χ1) is 8.77. The SMILES string of the molecule is CCc1cnccc1C(NC)c1ccncc1F. The number of aryl methyl sites for hydroxylation is 1. The third-order valence-electron chi connectivity index (χ3n) is 3.04. The quantitative estimate of drug-likeness (QED) is 0.899. The van der Waals surface area contributed by atoms with Gasteiger partial charge in [-0.15, -0.1) is 0 Å². The molecule has 1 unspecified atom stereocenters. The van der Waals surface area contributed by atoms with E-state index in [0.717, 1.165) is 17.5 Å². The van der Waals surface area contributed by atoms with Crippen LogP contribution in [0, 0.1) is 5.82 Å². The van der Waals surface area contributed by atoms with Gasteiger partial charge in [-0.1, -0.05) is 6.92 Å². The molecule has 4 heteroatoms. The third kappa shape index (κ3) is 2.38. The number of halogens is 1. The monoisotopic (exact) mass is 245 g/mol. The zero-order chi connectivity index (χ0) is 13.0. The van der Waals surface area contributed by atoms with E-state index >= 15 is 0 Å². The summed E-state index contributed by atoms with van der Waals surface area (Å²) in [5, 5.41) is 3.15. The van der Waals surface area contributed by atoms with Gasteiger partial charge in [-0.3, -0.25) is 9.97 Å². The Morgan fingerprint density at radius 3 is 2.44 bits per heavy atom. The van der Waals surface area contributed by atoms with Gasteiger partial charge < -0.3 is 5.32 Å². The molecule has 18 heavy (non-hydrogen) atoms. The van der Waals surface area contributed by atoms with Crippen LogP contribution in [-0.2, 0) is 6.42 Å². The van der Waals surface area contributed by atoms with Crippen LogP contribution in [0.25, 0.3) is 0 Å². The second-order valence-corrected chi connectivity index (χ2v) is 4.05. The Labute approximate surface area is 106 Å². The van der Waals surface area contributed by atoms with E-state index in [0.29, 0.717) is 5.56 Å². The van der Waals surface area contributed by atoms with Gasteiger partial charge in [0.1, 0.15) is 5.82 Å². The van der Waals surface area contributed by atoms with E-state index in [9.17, 15) is 4.39 Å². The van der Waals surface area contributed by atoms with Crippen LogP contribution >= 0.6 is 0 Å². The predicted molar refractivity (Wildman–Crippen MR) is 68.7 cm³/mol. The lowest BCUT2D eigenvalue weighted by molar-refractivity contribution is 0.569. The maximum absolute atomic E-state index is 13.8. The lowest BCUT2D eigenvalue weighted by Gasteiger charge is -2.20. The fourth-order valence-corrected chi connectivity index (χ4v) is 2.11. The minimum Gasteiger partial charge on any atom is -0.309 e. The van der Waals surface area contributed by atoms with E-state index < -0.39 is 0 Å². The molecule has 0 aromatic carbocycles. The first-order valence-electron chi connectivity index (χ1n) is 5.97. The molecule has 1 N–H and O–H groups in total. The van der Waals surface area contributed by atoms with Gasteiger partial charge in [-0.25, -0.2) is 4.39 Å². The number of nitrogens with zero attached hydrogens (tertiary/aromatic N) is 2. The molecule has 0 radical (unpaired) electrons. The van der Waals surface area contributed by atoms with E-state index in [4.69, 9.17) is 0 Å². The topological polar surface area (TPSA) is 37.8 Å². The maximum Gasteiger partial charge on any atom is 0.146 e. The molecule has 0 spiro atoms. The highest BCUT2D eigenvalue weighted by Crippen LogP contribution is 2.26. The van der Waals surface area contributed by atoms with Gasteiger partial charge in [0.15, 0.2) is 0 Å². The van der Waals surface area contributed by atoms with Gasteiger partial charge in [-0.2, -0.15) is 0 Å². The second-order valence-electron chi connectivity index (χ2n) is 4.05. The zero-order valence-electron chi connectivity index (χ0n) is 10.5. The second kappa shape index (κ2) is 5.69. The standard InChI is InChI=1S/C14H16FN3/c1-3-10-8-17-6-4-11(10)14(16-2)12-5-7-18-9-13(12)15/h4-9,14,16H,3H2,1-2H3. The van der Waals surface area contributed by atoms with Crippen LogP contribution in [0.15, 0.2) is 36.9 Å². The molecule has 1 atom stereocenters. The van der Waals surface area contributed by atoms with Crippen molar-refractivity contribution in [3.05, 3.63) is 59.4 Å². The Balaban J connectivity index is 2.49. The fourth-order valence-electron chi connectivity index (χ4n) is 2.11. The van der Waals surface area contributed by atoms with Gasteiger partial charge in [0.2, 0.25) is 0 Å². The van der Waals surface area contributed by atoms with E-state index in [2.05, 4.69) is 22.2 Å². The number of pyridine rings is 2. The first kappa shape index (κ1) is 12.6. The molecule has 0 saturated heterocycles. The number of nitrogens with one attached hydrogen (secondary N) is 1. The number of hydrogen-bond donors (Lipinski definition) is 1.